The maximum atomic E-state index is 11.6. The first-order valence-electron chi connectivity index (χ1n) is 4.72. The molecule has 15 heavy (non-hydrogen) atoms. The standard InChI is InChI=1S/C11H12N2O2/c1-13(2)11(15)7-3-4-9-8(5-7)6-12-10(9)14/h3-5H,6H2,1-2H3,(H,12,14). The second kappa shape index (κ2) is 3.38. The van der Waals surface area contributed by atoms with Gasteiger partial charge in [-0.15, -0.1) is 0 Å². The lowest BCUT2D eigenvalue weighted by atomic mass is 10.1. The third kappa shape index (κ3) is 1.58. The summed E-state index contributed by atoms with van der Waals surface area (Å²) in [5.74, 6) is -0.106. The molecule has 1 aliphatic rings. The first-order valence-corrected chi connectivity index (χ1v) is 4.72. The first kappa shape index (κ1) is 9.71. The van der Waals surface area contributed by atoms with Crippen LogP contribution in [0.25, 0.3) is 0 Å². The van der Waals surface area contributed by atoms with E-state index in [2.05, 4.69) is 5.32 Å². The van der Waals surface area contributed by atoms with Crippen LogP contribution in [0.5, 0.6) is 0 Å². The zero-order valence-corrected chi connectivity index (χ0v) is 8.70. The summed E-state index contributed by atoms with van der Waals surface area (Å²) in [4.78, 5) is 24.4. The molecule has 0 bridgehead atoms. The number of carbonyl (C=O) groups is 2. The fraction of sp³-hybridized carbons (Fsp3) is 0.273. The van der Waals surface area contributed by atoms with Crippen molar-refractivity contribution in [2.24, 2.45) is 0 Å². The molecule has 0 fully saturated rings. The molecule has 2 amide bonds. The van der Waals surface area contributed by atoms with E-state index in [1.165, 1.54) is 4.90 Å². The van der Waals surface area contributed by atoms with Gasteiger partial charge < -0.3 is 10.2 Å². The Labute approximate surface area is 87.9 Å². The van der Waals surface area contributed by atoms with Crippen molar-refractivity contribution < 1.29 is 9.59 Å². The largest absolute Gasteiger partial charge is 0.348 e. The van der Waals surface area contributed by atoms with E-state index in [0.717, 1.165) is 5.56 Å². The molecule has 0 aliphatic carbocycles. The van der Waals surface area contributed by atoms with Gasteiger partial charge in [-0.05, 0) is 23.8 Å². The second-order valence-corrected chi connectivity index (χ2v) is 3.75. The summed E-state index contributed by atoms with van der Waals surface area (Å²) >= 11 is 0. The molecular weight excluding hydrogens is 192 g/mol. The molecule has 0 atom stereocenters. The Bertz CT molecular complexity index is 438. The van der Waals surface area contributed by atoms with Crippen LogP contribution < -0.4 is 5.32 Å². The number of hydrogen-bond donors (Lipinski definition) is 1. The van der Waals surface area contributed by atoms with Gasteiger partial charge >= 0.3 is 0 Å². The lowest BCUT2D eigenvalue weighted by molar-refractivity contribution is 0.0827. The molecule has 1 N–H and O–H groups in total. The van der Waals surface area contributed by atoms with Crippen molar-refractivity contribution in [1.82, 2.24) is 10.2 Å². The Hall–Kier alpha value is -1.84. The van der Waals surface area contributed by atoms with Gasteiger partial charge in [-0.2, -0.15) is 0 Å². The maximum Gasteiger partial charge on any atom is 0.253 e. The highest BCUT2D eigenvalue weighted by molar-refractivity contribution is 6.00. The molecule has 4 heteroatoms. The monoisotopic (exact) mass is 204 g/mol. The average molecular weight is 204 g/mol. The lowest BCUT2D eigenvalue weighted by Gasteiger charge is -2.10. The van der Waals surface area contributed by atoms with Crippen LogP contribution in [-0.4, -0.2) is 30.8 Å². The molecule has 2 rings (SSSR count). The molecular formula is C11H12N2O2. The van der Waals surface area contributed by atoms with Crippen molar-refractivity contribution in [2.75, 3.05) is 14.1 Å². The summed E-state index contributed by atoms with van der Waals surface area (Å²) in [6.45, 7) is 0.517. The van der Waals surface area contributed by atoms with Crippen LogP contribution in [-0.2, 0) is 6.54 Å². The average Bonchev–Trinajstić information content (AvgIpc) is 2.59. The topological polar surface area (TPSA) is 49.4 Å². The number of nitrogens with zero attached hydrogens (tertiary/aromatic N) is 1. The summed E-state index contributed by atoms with van der Waals surface area (Å²) < 4.78 is 0. The molecule has 0 aromatic heterocycles. The van der Waals surface area contributed by atoms with E-state index < -0.39 is 0 Å². The Balaban J connectivity index is 2.39. The highest BCUT2D eigenvalue weighted by Crippen LogP contribution is 2.17. The Morgan fingerprint density at radius 2 is 2.13 bits per heavy atom. The molecule has 0 spiro atoms. The number of fused-ring (bicyclic) bond motifs is 1. The Kier molecular flexibility index (Phi) is 2.19. The van der Waals surface area contributed by atoms with Gasteiger partial charge in [0.1, 0.15) is 0 Å². The zero-order chi connectivity index (χ0) is 11.0. The van der Waals surface area contributed by atoms with E-state index in [0.29, 0.717) is 17.7 Å². The van der Waals surface area contributed by atoms with Crippen LogP contribution in [0.2, 0.25) is 0 Å². The van der Waals surface area contributed by atoms with Crippen molar-refractivity contribution in [1.29, 1.82) is 0 Å². The van der Waals surface area contributed by atoms with Crippen LogP contribution in [0.1, 0.15) is 26.3 Å². The smallest absolute Gasteiger partial charge is 0.253 e. The van der Waals surface area contributed by atoms with Gasteiger partial charge in [0.2, 0.25) is 0 Å². The van der Waals surface area contributed by atoms with Gasteiger partial charge in [0.15, 0.2) is 0 Å². The minimum absolute atomic E-state index is 0.0443. The quantitative estimate of drug-likeness (QED) is 0.729. The third-order valence-electron chi connectivity index (χ3n) is 2.44. The van der Waals surface area contributed by atoms with E-state index >= 15 is 0 Å². The van der Waals surface area contributed by atoms with E-state index in [9.17, 15) is 9.59 Å². The van der Waals surface area contributed by atoms with Gasteiger partial charge in [0.05, 0.1) is 0 Å². The fourth-order valence-corrected chi connectivity index (χ4v) is 1.62. The summed E-state index contributed by atoms with van der Waals surface area (Å²) in [5, 5.41) is 2.72. The minimum atomic E-state index is -0.0612. The number of rotatable bonds is 1. The highest BCUT2D eigenvalue weighted by atomic mass is 16.2. The molecule has 0 saturated heterocycles. The predicted octanol–water partition coefficient (Wildman–Crippen LogP) is 0.632. The Morgan fingerprint density at radius 1 is 1.40 bits per heavy atom. The minimum Gasteiger partial charge on any atom is -0.348 e. The Morgan fingerprint density at radius 3 is 2.80 bits per heavy atom. The van der Waals surface area contributed by atoms with Crippen molar-refractivity contribution in [2.45, 2.75) is 6.54 Å². The molecule has 4 nitrogen and oxygen atoms in total. The number of benzene rings is 1. The summed E-state index contributed by atoms with van der Waals surface area (Å²) in [6, 6.07) is 5.16. The van der Waals surface area contributed by atoms with Crippen LogP contribution in [0.3, 0.4) is 0 Å². The van der Waals surface area contributed by atoms with Gasteiger partial charge in [0.25, 0.3) is 11.8 Å². The number of amides is 2. The highest BCUT2D eigenvalue weighted by Gasteiger charge is 2.20. The van der Waals surface area contributed by atoms with Gasteiger partial charge in [-0.25, -0.2) is 0 Å². The summed E-state index contributed by atoms with van der Waals surface area (Å²) in [5.41, 5.74) is 2.19. The molecule has 1 aromatic rings. The summed E-state index contributed by atoms with van der Waals surface area (Å²) in [6.07, 6.45) is 0. The molecule has 1 aromatic carbocycles. The van der Waals surface area contributed by atoms with Gasteiger partial charge in [-0.1, -0.05) is 0 Å². The molecule has 1 aliphatic heterocycles. The number of carbonyl (C=O) groups excluding carboxylic acids is 2. The SMILES string of the molecule is CN(C)C(=O)c1ccc2c(c1)CNC2=O. The van der Waals surface area contributed by atoms with E-state index in [1.54, 1.807) is 32.3 Å². The van der Waals surface area contributed by atoms with E-state index in [1.807, 2.05) is 0 Å². The van der Waals surface area contributed by atoms with Crippen molar-refractivity contribution in [3.05, 3.63) is 34.9 Å². The van der Waals surface area contributed by atoms with Crippen molar-refractivity contribution >= 4 is 11.8 Å². The van der Waals surface area contributed by atoms with Crippen LogP contribution in [0.15, 0.2) is 18.2 Å². The van der Waals surface area contributed by atoms with Gasteiger partial charge in [0, 0.05) is 31.8 Å². The molecule has 0 radical (unpaired) electrons. The van der Waals surface area contributed by atoms with Gasteiger partial charge in [-0.3, -0.25) is 9.59 Å². The normalized spacial score (nSPS) is 13.3. The van der Waals surface area contributed by atoms with Crippen molar-refractivity contribution in [3.8, 4) is 0 Å². The van der Waals surface area contributed by atoms with Crippen molar-refractivity contribution in [3.63, 3.8) is 0 Å². The second-order valence-electron chi connectivity index (χ2n) is 3.75. The van der Waals surface area contributed by atoms with E-state index in [-0.39, 0.29) is 11.8 Å². The third-order valence-corrected chi connectivity index (χ3v) is 2.44. The number of nitrogens with one attached hydrogen (secondary N) is 1. The predicted molar refractivity (Wildman–Crippen MR) is 55.6 cm³/mol. The first-order chi connectivity index (χ1) is 7.09. The molecule has 78 valence electrons. The molecule has 1 heterocycles. The number of hydrogen-bond acceptors (Lipinski definition) is 2. The van der Waals surface area contributed by atoms with Crippen LogP contribution >= 0.6 is 0 Å². The summed E-state index contributed by atoms with van der Waals surface area (Å²) in [7, 11) is 3.41. The molecule has 0 saturated carbocycles. The zero-order valence-electron chi connectivity index (χ0n) is 8.70. The van der Waals surface area contributed by atoms with E-state index in [4.69, 9.17) is 0 Å². The fourth-order valence-electron chi connectivity index (χ4n) is 1.62. The maximum absolute atomic E-state index is 11.6. The van der Waals surface area contributed by atoms with Crippen LogP contribution in [0.4, 0.5) is 0 Å². The molecule has 0 unspecified atom stereocenters. The van der Waals surface area contributed by atoms with Crippen LogP contribution in [0, 0.1) is 0 Å². The lowest BCUT2D eigenvalue weighted by Crippen LogP contribution is -2.21.